The first-order valence-electron chi connectivity index (χ1n) is 7.10. The number of H-pyrrole nitrogens is 1. The van der Waals surface area contributed by atoms with E-state index < -0.39 is 5.97 Å². The van der Waals surface area contributed by atoms with Gasteiger partial charge in [-0.3, -0.25) is 4.79 Å². The Morgan fingerprint density at radius 2 is 1.95 bits per heavy atom. The molecule has 0 radical (unpaired) electrons. The third-order valence-corrected chi connectivity index (χ3v) is 3.50. The Labute approximate surface area is 124 Å². The fraction of sp³-hybridized carbons (Fsp3) is 0.600. The van der Waals surface area contributed by atoms with Gasteiger partial charge in [0.1, 0.15) is 5.69 Å². The lowest BCUT2D eigenvalue weighted by atomic mass is 10.0. The molecule has 1 aromatic heterocycles. The Morgan fingerprint density at radius 3 is 2.38 bits per heavy atom. The Bertz CT molecular complexity index is 520. The number of carboxylic acid groups (broad SMARTS) is 1. The average Bonchev–Trinajstić information content (AvgIpc) is 2.69. The molecular formula is C15H24N2O4. The van der Waals surface area contributed by atoms with E-state index in [9.17, 15) is 9.59 Å². The smallest absolute Gasteiger partial charge is 0.352 e. The molecule has 6 nitrogen and oxygen atoms in total. The van der Waals surface area contributed by atoms with Crippen LogP contribution in [0.3, 0.4) is 0 Å². The van der Waals surface area contributed by atoms with Gasteiger partial charge in [-0.25, -0.2) is 4.79 Å². The molecule has 0 fully saturated rings. The molecule has 0 aliphatic rings. The molecule has 0 bridgehead atoms. The molecule has 21 heavy (non-hydrogen) atoms. The first kappa shape index (κ1) is 17.2. The zero-order valence-electron chi connectivity index (χ0n) is 13.2. The van der Waals surface area contributed by atoms with Crippen LogP contribution in [-0.4, -0.2) is 41.2 Å². The Morgan fingerprint density at radius 1 is 1.33 bits per heavy atom. The van der Waals surface area contributed by atoms with Crippen molar-refractivity contribution in [2.45, 2.75) is 40.7 Å². The molecule has 3 N–H and O–H groups in total. The first-order valence-corrected chi connectivity index (χ1v) is 7.10. The van der Waals surface area contributed by atoms with E-state index in [1.807, 2.05) is 20.8 Å². The number of amides is 1. The van der Waals surface area contributed by atoms with E-state index in [4.69, 9.17) is 9.84 Å². The van der Waals surface area contributed by atoms with Gasteiger partial charge >= 0.3 is 5.97 Å². The van der Waals surface area contributed by atoms with E-state index in [1.165, 1.54) is 0 Å². The molecule has 1 rings (SSSR count). The lowest BCUT2D eigenvalue weighted by molar-refractivity contribution is 0.0690. The maximum atomic E-state index is 12.4. The molecule has 0 spiro atoms. The number of nitrogens with one attached hydrogen (secondary N) is 2. The van der Waals surface area contributed by atoms with Crippen molar-refractivity contribution in [1.29, 1.82) is 0 Å². The first-order chi connectivity index (χ1) is 9.79. The molecule has 1 aromatic rings. The van der Waals surface area contributed by atoms with Crippen LogP contribution in [0.2, 0.25) is 0 Å². The minimum atomic E-state index is -1.07. The number of aryl methyl sites for hydroxylation is 1. The highest BCUT2D eigenvalue weighted by atomic mass is 16.5. The SMILES string of the molecule is CCOCC(NC(=O)c1c(C)[nH]c(C(=O)O)c1C)C(C)C. The fourth-order valence-electron chi connectivity index (χ4n) is 2.19. The molecule has 118 valence electrons. The van der Waals surface area contributed by atoms with Gasteiger partial charge in [-0.05, 0) is 32.3 Å². The second-order valence-electron chi connectivity index (χ2n) is 5.41. The van der Waals surface area contributed by atoms with Gasteiger partial charge in [-0.15, -0.1) is 0 Å². The summed E-state index contributed by atoms with van der Waals surface area (Å²) in [7, 11) is 0. The van der Waals surface area contributed by atoms with Crippen molar-refractivity contribution in [3.8, 4) is 0 Å². The summed E-state index contributed by atoms with van der Waals surface area (Å²) in [5, 5.41) is 12.0. The van der Waals surface area contributed by atoms with Crippen molar-refractivity contribution in [1.82, 2.24) is 10.3 Å². The zero-order chi connectivity index (χ0) is 16.2. The molecule has 6 heteroatoms. The number of carbonyl (C=O) groups is 2. The van der Waals surface area contributed by atoms with Crippen LogP contribution >= 0.6 is 0 Å². The molecule has 1 unspecified atom stereocenters. The fourth-order valence-corrected chi connectivity index (χ4v) is 2.19. The second-order valence-corrected chi connectivity index (χ2v) is 5.41. The van der Waals surface area contributed by atoms with E-state index in [0.717, 1.165) is 0 Å². The highest BCUT2D eigenvalue weighted by Crippen LogP contribution is 2.18. The summed E-state index contributed by atoms with van der Waals surface area (Å²) in [5.41, 5.74) is 1.47. The van der Waals surface area contributed by atoms with Crippen LogP contribution < -0.4 is 5.32 Å². The van der Waals surface area contributed by atoms with E-state index in [0.29, 0.717) is 30.0 Å². The van der Waals surface area contributed by atoms with Crippen LogP contribution in [0.5, 0.6) is 0 Å². The lowest BCUT2D eigenvalue weighted by Crippen LogP contribution is -2.42. The van der Waals surface area contributed by atoms with Gasteiger partial charge in [0.2, 0.25) is 0 Å². The van der Waals surface area contributed by atoms with Gasteiger partial charge in [-0.2, -0.15) is 0 Å². The Balaban J connectivity index is 2.95. The third-order valence-electron chi connectivity index (χ3n) is 3.50. The molecule has 0 saturated carbocycles. The molecule has 1 atom stereocenters. The molecule has 0 aliphatic heterocycles. The Kier molecular flexibility index (Phi) is 5.96. The maximum Gasteiger partial charge on any atom is 0.352 e. The monoisotopic (exact) mass is 296 g/mol. The number of aromatic nitrogens is 1. The molecule has 0 saturated heterocycles. The van der Waals surface area contributed by atoms with Gasteiger partial charge in [-0.1, -0.05) is 13.8 Å². The summed E-state index contributed by atoms with van der Waals surface area (Å²) in [4.78, 5) is 26.3. The van der Waals surface area contributed by atoms with Crippen LogP contribution in [0.4, 0.5) is 0 Å². The normalized spacial score (nSPS) is 12.5. The molecule has 0 aliphatic carbocycles. The van der Waals surface area contributed by atoms with E-state index in [2.05, 4.69) is 10.3 Å². The van der Waals surface area contributed by atoms with Crippen molar-refractivity contribution >= 4 is 11.9 Å². The van der Waals surface area contributed by atoms with Crippen LogP contribution in [0.25, 0.3) is 0 Å². The number of carbonyl (C=O) groups excluding carboxylic acids is 1. The Hall–Kier alpha value is -1.82. The highest BCUT2D eigenvalue weighted by molar-refractivity contribution is 6.00. The summed E-state index contributed by atoms with van der Waals surface area (Å²) in [6, 6.07) is -0.112. The summed E-state index contributed by atoms with van der Waals surface area (Å²) >= 11 is 0. The largest absolute Gasteiger partial charge is 0.477 e. The molecule has 1 heterocycles. The van der Waals surface area contributed by atoms with Crippen molar-refractivity contribution in [2.75, 3.05) is 13.2 Å². The number of carboxylic acids is 1. The van der Waals surface area contributed by atoms with Gasteiger partial charge in [0.05, 0.1) is 18.2 Å². The lowest BCUT2D eigenvalue weighted by Gasteiger charge is -2.22. The molecular weight excluding hydrogens is 272 g/mol. The van der Waals surface area contributed by atoms with Crippen LogP contribution in [0.1, 0.15) is 52.9 Å². The summed E-state index contributed by atoms with van der Waals surface area (Å²) < 4.78 is 5.38. The average molecular weight is 296 g/mol. The van der Waals surface area contributed by atoms with Crippen LogP contribution in [-0.2, 0) is 4.74 Å². The standard InChI is InChI=1S/C15H24N2O4/c1-6-21-7-11(8(2)3)17-14(18)12-9(4)13(15(19)20)16-10(12)5/h8,11,16H,6-7H2,1-5H3,(H,17,18)(H,19,20). The van der Waals surface area contributed by atoms with Crippen molar-refractivity contribution in [3.63, 3.8) is 0 Å². The van der Waals surface area contributed by atoms with Crippen molar-refractivity contribution in [2.24, 2.45) is 5.92 Å². The maximum absolute atomic E-state index is 12.4. The number of aromatic carboxylic acids is 1. The number of hydrogen-bond donors (Lipinski definition) is 3. The van der Waals surface area contributed by atoms with Crippen molar-refractivity contribution < 1.29 is 19.4 Å². The van der Waals surface area contributed by atoms with Crippen molar-refractivity contribution in [3.05, 3.63) is 22.5 Å². The number of hydrogen-bond acceptors (Lipinski definition) is 3. The topological polar surface area (TPSA) is 91.4 Å². The molecule has 0 aromatic carbocycles. The third kappa shape index (κ3) is 4.07. The van der Waals surface area contributed by atoms with Gasteiger partial charge in [0.15, 0.2) is 0 Å². The predicted molar refractivity (Wildman–Crippen MR) is 79.8 cm³/mol. The van der Waals surface area contributed by atoms with E-state index >= 15 is 0 Å². The predicted octanol–water partition coefficient (Wildman–Crippen LogP) is 2.12. The quantitative estimate of drug-likeness (QED) is 0.718. The summed E-state index contributed by atoms with van der Waals surface area (Å²) in [5.74, 6) is -1.12. The van der Waals surface area contributed by atoms with Gasteiger partial charge < -0.3 is 20.1 Å². The highest BCUT2D eigenvalue weighted by Gasteiger charge is 2.24. The summed E-state index contributed by atoms with van der Waals surface area (Å²) in [6.45, 7) is 10.3. The molecule has 1 amide bonds. The number of rotatable bonds is 7. The minimum Gasteiger partial charge on any atom is -0.477 e. The minimum absolute atomic E-state index is 0.0588. The van der Waals surface area contributed by atoms with E-state index in [1.54, 1.807) is 13.8 Å². The number of ether oxygens (including phenoxy) is 1. The van der Waals surface area contributed by atoms with Gasteiger partial charge in [0.25, 0.3) is 5.91 Å². The van der Waals surface area contributed by atoms with Crippen LogP contribution in [0.15, 0.2) is 0 Å². The summed E-state index contributed by atoms with van der Waals surface area (Å²) in [6.07, 6.45) is 0. The zero-order valence-corrected chi connectivity index (χ0v) is 13.2. The van der Waals surface area contributed by atoms with Gasteiger partial charge in [0, 0.05) is 12.3 Å². The number of aromatic amines is 1. The van der Waals surface area contributed by atoms with Crippen LogP contribution in [0, 0.1) is 19.8 Å². The van der Waals surface area contributed by atoms with E-state index in [-0.39, 0.29) is 23.6 Å². The second kappa shape index (κ2) is 7.26.